The number of hydrogen-bond donors (Lipinski definition) is 0. The summed E-state index contributed by atoms with van der Waals surface area (Å²) in [4.78, 5) is 22.6. The van der Waals surface area contributed by atoms with E-state index in [1.807, 2.05) is 16.7 Å². The average molecular weight is 295 g/mol. The van der Waals surface area contributed by atoms with E-state index >= 15 is 0 Å². The number of hydrogen-bond acceptors (Lipinski definition) is 6. The molecule has 0 aromatic carbocycles. The second-order valence-electron chi connectivity index (χ2n) is 5.38. The summed E-state index contributed by atoms with van der Waals surface area (Å²) in [6.45, 7) is 8.28. The summed E-state index contributed by atoms with van der Waals surface area (Å²) >= 11 is 0. The van der Waals surface area contributed by atoms with Gasteiger partial charge in [-0.2, -0.15) is 4.98 Å². The zero-order valence-corrected chi connectivity index (χ0v) is 12.3. The normalized spacial score (nSPS) is 20.8. The highest BCUT2D eigenvalue weighted by Gasteiger charge is 2.26. The van der Waals surface area contributed by atoms with Crippen LogP contribution in [0.15, 0.2) is 4.52 Å². The minimum atomic E-state index is 0.131. The second-order valence-corrected chi connectivity index (χ2v) is 5.38. The molecule has 2 saturated heterocycles. The topological polar surface area (TPSA) is 74.9 Å². The maximum atomic E-state index is 12.4. The minimum Gasteiger partial charge on any atom is -0.378 e. The lowest BCUT2D eigenvalue weighted by Crippen LogP contribution is -2.54. The Labute approximate surface area is 123 Å². The van der Waals surface area contributed by atoms with Crippen molar-refractivity contribution in [1.82, 2.24) is 24.8 Å². The van der Waals surface area contributed by atoms with Crippen LogP contribution in [0.1, 0.15) is 11.7 Å². The van der Waals surface area contributed by atoms with Crippen molar-refractivity contribution in [2.45, 2.75) is 13.5 Å². The number of amides is 2. The highest BCUT2D eigenvalue weighted by molar-refractivity contribution is 5.74. The molecule has 116 valence electrons. The SMILES string of the molecule is Cc1noc(CN2CCN(C(=O)N3CCOCC3)CC2)n1. The number of piperazine rings is 1. The number of rotatable bonds is 2. The maximum Gasteiger partial charge on any atom is 0.320 e. The van der Waals surface area contributed by atoms with Crippen LogP contribution >= 0.6 is 0 Å². The van der Waals surface area contributed by atoms with Gasteiger partial charge in [0, 0.05) is 39.3 Å². The molecule has 0 bridgehead atoms. The van der Waals surface area contributed by atoms with E-state index in [-0.39, 0.29) is 6.03 Å². The number of aryl methyl sites for hydroxylation is 1. The van der Waals surface area contributed by atoms with Crippen molar-refractivity contribution in [3.8, 4) is 0 Å². The Morgan fingerprint density at radius 2 is 1.76 bits per heavy atom. The summed E-state index contributed by atoms with van der Waals surface area (Å²) in [6.07, 6.45) is 0. The maximum absolute atomic E-state index is 12.4. The van der Waals surface area contributed by atoms with Gasteiger partial charge in [-0.3, -0.25) is 4.90 Å². The monoisotopic (exact) mass is 295 g/mol. The van der Waals surface area contributed by atoms with Crippen molar-refractivity contribution in [1.29, 1.82) is 0 Å². The molecule has 0 aliphatic carbocycles. The summed E-state index contributed by atoms with van der Waals surface area (Å²) < 4.78 is 10.4. The molecule has 3 rings (SSSR count). The molecule has 1 aromatic heterocycles. The third kappa shape index (κ3) is 3.51. The van der Waals surface area contributed by atoms with Gasteiger partial charge in [0.2, 0.25) is 5.89 Å². The molecule has 0 atom stereocenters. The smallest absolute Gasteiger partial charge is 0.320 e. The lowest BCUT2D eigenvalue weighted by molar-refractivity contribution is 0.0367. The van der Waals surface area contributed by atoms with E-state index in [0.29, 0.717) is 44.6 Å². The van der Waals surface area contributed by atoms with Crippen molar-refractivity contribution in [3.05, 3.63) is 11.7 Å². The Balaban J connectivity index is 1.47. The zero-order chi connectivity index (χ0) is 14.7. The van der Waals surface area contributed by atoms with Gasteiger partial charge < -0.3 is 19.1 Å². The third-order valence-corrected chi connectivity index (χ3v) is 3.85. The largest absolute Gasteiger partial charge is 0.378 e. The Hall–Kier alpha value is -1.67. The van der Waals surface area contributed by atoms with Gasteiger partial charge in [-0.15, -0.1) is 0 Å². The number of carbonyl (C=O) groups is 1. The summed E-state index contributed by atoms with van der Waals surface area (Å²) in [5, 5.41) is 3.79. The second kappa shape index (κ2) is 6.40. The first-order chi connectivity index (χ1) is 10.2. The van der Waals surface area contributed by atoms with Crippen LogP contribution in [-0.4, -0.2) is 83.4 Å². The van der Waals surface area contributed by atoms with Crippen molar-refractivity contribution < 1.29 is 14.1 Å². The molecule has 2 aliphatic rings. The Morgan fingerprint density at radius 1 is 1.10 bits per heavy atom. The van der Waals surface area contributed by atoms with Crippen LogP contribution in [0.5, 0.6) is 0 Å². The van der Waals surface area contributed by atoms with Crippen LogP contribution < -0.4 is 0 Å². The molecule has 0 unspecified atom stereocenters. The fourth-order valence-corrected chi connectivity index (χ4v) is 2.65. The first kappa shape index (κ1) is 14.3. The van der Waals surface area contributed by atoms with E-state index in [1.165, 1.54) is 0 Å². The van der Waals surface area contributed by atoms with Gasteiger partial charge in [0.25, 0.3) is 0 Å². The van der Waals surface area contributed by atoms with Crippen LogP contribution in [0, 0.1) is 6.92 Å². The highest BCUT2D eigenvalue weighted by atomic mass is 16.5. The van der Waals surface area contributed by atoms with E-state index in [9.17, 15) is 4.79 Å². The van der Waals surface area contributed by atoms with Crippen LogP contribution in [0.3, 0.4) is 0 Å². The molecule has 3 heterocycles. The van der Waals surface area contributed by atoms with Gasteiger partial charge in [0.05, 0.1) is 19.8 Å². The van der Waals surface area contributed by atoms with Crippen molar-refractivity contribution in [3.63, 3.8) is 0 Å². The van der Waals surface area contributed by atoms with E-state index in [0.717, 1.165) is 26.2 Å². The highest BCUT2D eigenvalue weighted by Crippen LogP contribution is 2.10. The quantitative estimate of drug-likeness (QED) is 0.761. The molecule has 0 radical (unpaired) electrons. The minimum absolute atomic E-state index is 0.131. The van der Waals surface area contributed by atoms with Gasteiger partial charge in [0.1, 0.15) is 0 Å². The van der Waals surface area contributed by atoms with E-state index in [4.69, 9.17) is 9.26 Å². The number of morpholine rings is 1. The molecule has 0 saturated carbocycles. The molecule has 0 N–H and O–H groups in total. The third-order valence-electron chi connectivity index (χ3n) is 3.85. The average Bonchev–Trinajstić information content (AvgIpc) is 2.93. The summed E-state index contributed by atoms with van der Waals surface area (Å²) in [5.74, 6) is 1.30. The molecule has 8 nitrogen and oxygen atoms in total. The summed E-state index contributed by atoms with van der Waals surface area (Å²) in [6, 6.07) is 0.131. The van der Waals surface area contributed by atoms with E-state index < -0.39 is 0 Å². The Kier molecular flexibility index (Phi) is 4.35. The molecule has 2 aliphatic heterocycles. The van der Waals surface area contributed by atoms with Crippen LogP contribution in [0.25, 0.3) is 0 Å². The van der Waals surface area contributed by atoms with Crippen molar-refractivity contribution >= 4 is 6.03 Å². The molecular formula is C13H21N5O3. The first-order valence-electron chi connectivity index (χ1n) is 7.35. The Bertz CT molecular complexity index is 478. The predicted molar refractivity (Wildman–Crippen MR) is 73.7 cm³/mol. The lowest BCUT2D eigenvalue weighted by atomic mass is 10.3. The van der Waals surface area contributed by atoms with Gasteiger partial charge in [-0.25, -0.2) is 4.79 Å². The molecule has 8 heteroatoms. The van der Waals surface area contributed by atoms with E-state index in [1.54, 1.807) is 0 Å². The molecule has 0 spiro atoms. The van der Waals surface area contributed by atoms with Crippen LogP contribution in [0.2, 0.25) is 0 Å². The van der Waals surface area contributed by atoms with Crippen molar-refractivity contribution in [2.24, 2.45) is 0 Å². The van der Waals surface area contributed by atoms with Gasteiger partial charge in [-0.05, 0) is 6.92 Å². The molecular weight excluding hydrogens is 274 g/mol. The number of carbonyl (C=O) groups excluding carboxylic acids is 1. The van der Waals surface area contributed by atoms with Crippen molar-refractivity contribution in [2.75, 3.05) is 52.5 Å². The number of nitrogens with zero attached hydrogens (tertiary/aromatic N) is 5. The standard InChI is InChI=1S/C13H21N5O3/c1-11-14-12(21-15-11)10-16-2-4-17(5-3-16)13(19)18-6-8-20-9-7-18/h2-10H2,1H3. The first-order valence-corrected chi connectivity index (χ1v) is 7.35. The van der Waals surface area contributed by atoms with E-state index in [2.05, 4.69) is 15.0 Å². The number of ether oxygens (including phenoxy) is 1. The summed E-state index contributed by atoms with van der Waals surface area (Å²) in [7, 11) is 0. The summed E-state index contributed by atoms with van der Waals surface area (Å²) in [5.41, 5.74) is 0. The lowest BCUT2D eigenvalue weighted by Gasteiger charge is -2.38. The van der Waals surface area contributed by atoms with Gasteiger partial charge >= 0.3 is 6.03 Å². The van der Waals surface area contributed by atoms with Crippen LogP contribution in [-0.2, 0) is 11.3 Å². The number of urea groups is 1. The predicted octanol–water partition coefficient (Wildman–Crippen LogP) is -0.0522. The fraction of sp³-hybridized carbons (Fsp3) is 0.769. The molecule has 2 amide bonds. The Morgan fingerprint density at radius 3 is 2.38 bits per heavy atom. The van der Waals surface area contributed by atoms with Crippen LogP contribution in [0.4, 0.5) is 4.79 Å². The molecule has 21 heavy (non-hydrogen) atoms. The number of aromatic nitrogens is 2. The van der Waals surface area contributed by atoms with Gasteiger partial charge in [-0.1, -0.05) is 5.16 Å². The van der Waals surface area contributed by atoms with Gasteiger partial charge in [0.15, 0.2) is 5.82 Å². The molecule has 1 aromatic rings. The molecule has 2 fully saturated rings. The zero-order valence-electron chi connectivity index (χ0n) is 12.3. The fourth-order valence-electron chi connectivity index (χ4n) is 2.65.